The van der Waals surface area contributed by atoms with Crippen LogP contribution in [0.3, 0.4) is 0 Å². The van der Waals surface area contributed by atoms with Crippen molar-refractivity contribution < 1.29 is 18.3 Å². The molecule has 0 aromatic carbocycles. The van der Waals surface area contributed by atoms with Crippen molar-refractivity contribution in [2.24, 2.45) is 0 Å². The summed E-state index contributed by atoms with van der Waals surface area (Å²) >= 11 is 0. The van der Waals surface area contributed by atoms with Gasteiger partial charge in [-0.2, -0.15) is 0 Å². The molecule has 1 saturated heterocycles. The largest absolute Gasteiger partial charge is 0.506 e. The first-order valence-electron chi connectivity index (χ1n) is 6.26. The molecule has 1 fully saturated rings. The van der Waals surface area contributed by atoms with Gasteiger partial charge < -0.3 is 10.0 Å². The number of sulfonamides is 1. The number of rotatable bonds is 3. The Morgan fingerprint density at radius 2 is 2.05 bits per heavy atom. The van der Waals surface area contributed by atoms with E-state index in [0.29, 0.717) is 31.5 Å². The van der Waals surface area contributed by atoms with Crippen LogP contribution >= 0.6 is 0 Å². The lowest BCUT2D eigenvalue weighted by molar-refractivity contribution is 0.0710. The highest BCUT2D eigenvalue weighted by Crippen LogP contribution is 2.16. The van der Waals surface area contributed by atoms with Gasteiger partial charge in [-0.1, -0.05) is 0 Å². The second-order valence-electron chi connectivity index (χ2n) is 4.89. The molecule has 1 aromatic rings. The van der Waals surface area contributed by atoms with Crippen LogP contribution < -0.4 is 4.72 Å². The van der Waals surface area contributed by atoms with Crippen molar-refractivity contribution in [1.82, 2.24) is 14.6 Å². The Bertz CT molecular complexity index is 594. The summed E-state index contributed by atoms with van der Waals surface area (Å²) in [6.45, 7) is 0.948. The van der Waals surface area contributed by atoms with E-state index in [1.165, 1.54) is 18.5 Å². The number of piperidine rings is 1. The zero-order valence-electron chi connectivity index (χ0n) is 11.1. The van der Waals surface area contributed by atoms with Crippen molar-refractivity contribution in [3.05, 3.63) is 24.0 Å². The zero-order valence-corrected chi connectivity index (χ0v) is 11.9. The van der Waals surface area contributed by atoms with E-state index in [4.69, 9.17) is 0 Å². The summed E-state index contributed by atoms with van der Waals surface area (Å²) < 4.78 is 24.8. The lowest BCUT2D eigenvalue weighted by atomic mass is 10.1. The van der Waals surface area contributed by atoms with Crippen LogP contribution in [-0.2, 0) is 10.0 Å². The van der Waals surface area contributed by atoms with Crippen LogP contribution in [0.5, 0.6) is 5.75 Å². The molecule has 0 atom stereocenters. The number of pyridine rings is 1. The highest BCUT2D eigenvalue weighted by atomic mass is 32.2. The van der Waals surface area contributed by atoms with Crippen LogP contribution in [0.2, 0.25) is 0 Å². The highest BCUT2D eigenvalue weighted by Gasteiger charge is 2.25. The molecule has 2 rings (SSSR count). The maximum atomic E-state index is 12.2. The fourth-order valence-corrected chi connectivity index (χ4v) is 3.07. The Labute approximate surface area is 117 Å². The Kier molecular flexibility index (Phi) is 4.24. The van der Waals surface area contributed by atoms with E-state index in [-0.39, 0.29) is 17.7 Å². The monoisotopic (exact) mass is 299 g/mol. The van der Waals surface area contributed by atoms with E-state index in [1.54, 1.807) is 4.90 Å². The smallest absolute Gasteiger partial charge is 0.255 e. The van der Waals surface area contributed by atoms with Gasteiger partial charge in [0.15, 0.2) is 0 Å². The molecule has 0 radical (unpaired) electrons. The van der Waals surface area contributed by atoms with Crippen molar-refractivity contribution in [2.45, 2.75) is 18.9 Å². The van der Waals surface area contributed by atoms with Crippen LogP contribution in [0.1, 0.15) is 23.2 Å². The molecule has 0 bridgehead atoms. The van der Waals surface area contributed by atoms with Crippen molar-refractivity contribution >= 4 is 15.9 Å². The molecule has 20 heavy (non-hydrogen) atoms. The predicted molar refractivity (Wildman–Crippen MR) is 72.8 cm³/mol. The van der Waals surface area contributed by atoms with Crippen molar-refractivity contribution in [3.8, 4) is 5.75 Å². The quantitative estimate of drug-likeness (QED) is 0.814. The van der Waals surface area contributed by atoms with E-state index in [2.05, 4.69) is 9.71 Å². The molecule has 1 aliphatic rings. The summed E-state index contributed by atoms with van der Waals surface area (Å²) in [5.41, 5.74) is 0.333. The Morgan fingerprint density at radius 1 is 1.40 bits per heavy atom. The summed E-state index contributed by atoms with van der Waals surface area (Å²) in [6, 6.07) is 1.24. The molecule has 8 heteroatoms. The van der Waals surface area contributed by atoms with Gasteiger partial charge in [0.2, 0.25) is 10.0 Å². The molecular formula is C12H17N3O4S. The molecule has 0 aliphatic carbocycles. The minimum Gasteiger partial charge on any atom is -0.506 e. The van der Waals surface area contributed by atoms with Crippen LogP contribution in [0, 0.1) is 0 Å². The van der Waals surface area contributed by atoms with Gasteiger partial charge in [0.05, 0.1) is 18.0 Å². The maximum Gasteiger partial charge on any atom is 0.255 e. The molecule has 0 unspecified atom stereocenters. The number of aromatic hydroxyl groups is 1. The Morgan fingerprint density at radius 3 is 2.60 bits per heavy atom. The van der Waals surface area contributed by atoms with Crippen molar-refractivity contribution in [2.75, 3.05) is 19.3 Å². The number of hydrogen-bond donors (Lipinski definition) is 2. The van der Waals surface area contributed by atoms with E-state index >= 15 is 0 Å². The van der Waals surface area contributed by atoms with Gasteiger partial charge in [0.1, 0.15) is 5.75 Å². The molecule has 1 aromatic heterocycles. The topological polar surface area (TPSA) is 99.6 Å². The summed E-state index contributed by atoms with van der Waals surface area (Å²) in [4.78, 5) is 17.6. The standard InChI is InChI=1S/C12H17N3O4S/c1-20(18,19)14-10-2-4-15(5-3-10)12(17)9-6-11(16)8-13-7-9/h6-8,10,14,16H,2-5H2,1H3. The van der Waals surface area contributed by atoms with Gasteiger partial charge >= 0.3 is 0 Å². The molecule has 2 N–H and O–H groups in total. The molecule has 1 aliphatic heterocycles. The lowest BCUT2D eigenvalue weighted by Gasteiger charge is -2.32. The lowest BCUT2D eigenvalue weighted by Crippen LogP contribution is -2.46. The first kappa shape index (κ1) is 14.7. The molecule has 0 spiro atoms. The molecule has 110 valence electrons. The van der Waals surface area contributed by atoms with E-state index < -0.39 is 10.0 Å². The SMILES string of the molecule is CS(=O)(=O)NC1CCN(C(=O)c2cncc(O)c2)CC1. The van der Waals surface area contributed by atoms with Gasteiger partial charge in [-0.3, -0.25) is 9.78 Å². The summed E-state index contributed by atoms with van der Waals surface area (Å²) in [5.74, 6) is -0.254. The summed E-state index contributed by atoms with van der Waals surface area (Å²) in [5, 5.41) is 9.32. The van der Waals surface area contributed by atoms with Crippen LogP contribution in [-0.4, -0.2) is 54.7 Å². The predicted octanol–water partition coefficient (Wildman–Crippen LogP) is -0.0590. The first-order chi connectivity index (χ1) is 9.35. The zero-order chi connectivity index (χ0) is 14.8. The fourth-order valence-electron chi connectivity index (χ4n) is 2.23. The van der Waals surface area contributed by atoms with Crippen LogP contribution in [0.4, 0.5) is 0 Å². The second kappa shape index (κ2) is 5.76. The number of nitrogens with zero attached hydrogens (tertiary/aromatic N) is 2. The average Bonchev–Trinajstić information content (AvgIpc) is 2.37. The minimum absolute atomic E-state index is 0.0514. The maximum absolute atomic E-state index is 12.2. The van der Waals surface area contributed by atoms with E-state index in [1.807, 2.05) is 0 Å². The molecule has 1 amide bonds. The van der Waals surface area contributed by atoms with Crippen molar-refractivity contribution in [1.29, 1.82) is 0 Å². The number of nitrogens with one attached hydrogen (secondary N) is 1. The van der Waals surface area contributed by atoms with Crippen LogP contribution in [0.25, 0.3) is 0 Å². The second-order valence-corrected chi connectivity index (χ2v) is 6.67. The van der Waals surface area contributed by atoms with Gasteiger partial charge in [0, 0.05) is 25.3 Å². The van der Waals surface area contributed by atoms with Crippen LogP contribution in [0.15, 0.2) is 18.5 Å². The van der Waals surface area contributed by atoms with Crippen molar-refractivity contribution in [3.63, 3.8) is 0 Å². The number of aromatic nitrogens is 1. The highest BCUT2D eigenvalue weighted by molar-refractivity contribution is 7.88. The van der Waals surface area contributed by atoms with Gasteiger partial charge in [-0.15, -0.1) is 0 Å². The van der Waals surface area contributed by atoms with E-state index in [0.717, 1.165) is 6.26 Å². The molecule has 2 heterocycles. The minimum atomic E-state index is -3.22. The third kappa shape index (κ3) is 3.91. The van der Waals surface area contributed by atoms with Gasteiger partial charge in [-0.05, 0) is 18.9 Å². The van der Waals surface area contributed by atoms with Gasteiger partial charge in [0.25, 0.3) is 5.91 Å². The van der Waals surface area contributed by atoms with Gasteiger partial charge in [-0.25, -0.2) is 13.1 Å². The van der Waals surface area contributed by atoms with E-state index in [9.17, 15) is 18.3 Å². The molecule has 7 nitrogen and oxygen atoms in total. The molecular weight excluding hydrogens is 282 g/mol. The first-order valence-corrected chi connectivity index (χ1v) is 8.15. The number of likely N-dealkylation sites (tertiary alicyclic amines) is 1. The number of carbonyl (C=O) groups excluding carboxylic acids is 1. The Balaban J connectivity index is 1.95. The third-order valence-corrected chi connectivity index (χ3v) is 3.90. The Hall–Kier alpha value is -1.67. The third-order valence-electron chi connectivity index (χ3n) is 3.13. The number of amides is 1. The fraction of sp³-hybridized carbons (Fsp3) is 0.500. The number of hydrogen-bond acceptors (Lipinski definition) is 5. The average molecular weight is 299 g/mol. The normalized spacial score (nSPS) is 17.1. The summed E-state index contributed by atoms with van der Waals surface area (Å²) in [6.07, 6.45) is 4.95. The number of carbonyl (C=O) groups is 1. The molecule has 0 saturated carbocycles. The summed E-state index contributed by atoms with van der Waals surface area (Å²) in [7, 11) is -3.22.